The zero-order chi connectivity index (χ0) is 17.4. The lowest BCUT2D eigenvalue weighted by molar-refractivity contribution is 0.0659. The van der Waals surface area contributed by atoms with Crippen LogP contribution in [0, 0.1) is 5.92 Å². The van der Waals surface area contributed by atoms with Crippen molar-refractivity contribution >= 4 is 5.91 Å². The van der Waals surface area contributed by atoms with Crippen molar-refractivity contribution in [2.75, 3.05) is 13.1 Å². The highest BCUT2D eigenvalue weighted by Crippen LogP contribution is 2.42. The number of benzene rings is 1. The summed E-state index contributed by atoms with van der Waals surface area (Å²) in [7, 11) is 0. The number of nitrogens with zero attached hydrogens (tertiary/aromatic N) is 3. The van der Waals surface area contributed by atoms with Gasteiger partial charge in [-0.05, 0) is 50.7 Å². The minimum absolute atomic E-state index is 0.120. The Morgan fingerprint density at radius 2 is 2.00 bits per heavy atom. The Hall–Kier alpha value is -2.14. The number of carbonyl (C=O) groups excluding carboxylic acids is 1. The Balaban J connectivity index is 1.64. The van der Waals surface area contributed by atoms with Crippen LogP contribution in [0.5, 0.6) is 0 Å². The fraction of sp³-hybridized carbons (Fsp3) is 0.500. The SMILES string of the molecule is CC(N)C1CCCN(C(=O)c2cnn(-c3ccccc3)c2C2CC2)C1. The van der Waals surface area contributed by atoms with Crippen molar-refractivity contribution in [3.05, 3.63) is 47.8 Å². The van der Waals surface area contributed by atoms with Gasteiger partial charge in [-0.2, -0.15) is 5.10 Å². The molecule has 2 atom stereocenters. The van der Waals surface area contributed by atoms with Gasteiger partial charge in [0, 0.05) is 25.0 Å². The fourth-order valence-electron chi connectivity index (χ4n) is 3.84. The molecule has 2 N–H and O–H groups in total. The molecule has 2 aliphatic rings. The van der Waals surface area contributed by atoms with Crippen LogP contribution in [-0.4, -0.2) is 39.7 Å². The van der Waals surface area contributed by atoms with Crippen LogP contribution in [0.25, 0.3) is 5.69 Å². The van der Waals surface area contributed by atoms with Crippen molar-refractivity contribution < 1.29 is 4.79 Å². The summed E-state index contributed by atoms with van der Waals surface area (Å²) in [6.07, 6.45) is 6.19. The van der Waals surface area contributed by atoms with Gasteiger partial charge < -0.3 is 10.6 Å². The highest BCUT2D eigenvalue weighted by molar-refractivity contribution is 5.95. The van der Waals surface area contributed by atoms with E-state index in [-0.39, 0.29) is 11.9 Å². The lowest BCUT2D eigenvalue weighted by atomic mass is 9.92. The third-order valence-corrected chi connectivity index (χ3v) is 5.49. The van der Waals surface area contributed by atoms with E-state index in [1.165, 1.54) is 0 Å². The first-order valence-corrected chi connectivity index (χ1v) is 9.33. The van der Waals surface area contributed by atoms with E-state index in [0.29, 0.717) is 11.8 Å². The number of para-hydroxylation sites is 1. The van der Waals surface area contributed by atoms with Gasteiger partial charge in [0.05, 0.1) is 23.1 Å². The van der Waals surface area contributed by atoms with E-state index >= 15 is 0 Å². The minimum Gasteiger partial charge on any atom is -0.338 e. The van der Waals surface area contributed by atoms with Crippen molar-refractivity contribution in [1.82, 2.24) is 14.7 Å². The van der Waals surface area contributed by atoms with E-state index in [9.17, 15) is 4.79 Å². The maximum atomic E-state index is 13.2. The molecular weight excluding hydrogens is 312 g/mol. The average molecular weight is 338 g/mol. The summed E-state index contributed by atoms with van der Waals surface area (Å²) in [6, 6.07) is 10.2. The van der Waals surface area contributed by atoms with Crippen LogP contribution in [-0.2, 0) is 0 Å². The van der Waals surface area contributed by atoms with Crippen LogP contribution in [0.1, 0.15) is 54.6 Å². The van der Waals surface area contributed by atoms with Gasteiger partial charge in [-0.1, -0.05) is 18.2 Å². The maximum Gasteiger partial charge on any atom is 0.257 e. The molecule has 2 unspecified atom stereocenters. The van der Waals surface area contributed by atoms with Gasteiger partial charge in [0.1, 0.15) is 0 Å². The maximum absolute atomic E-state index is 13.2. The van der Waals surface area contributed by atoms with E-state index in [1.54, 1.807) is 6.20 Å². The molecule has 1 saturated carbocycles. The number of likely N-dealkylation sites (tertiary alicyclic amines) is 1. The van der Waals surface area contributed by atoms with Crippen LogP contribution in [0.2, 0.25) is 0 Å². The number of hydrogen-bond donors (Lipinski definition) is 1. The van der Waals surface area contributed by atoms with Crippen LogP contribution < -0.4 is 5.73 Å². The summed E-state index contributed by atoms with van der Waals surface area (Å²) < 4.78 is 1.96. The smallest absolute Gasteiger partial charge is 0.257 e. The Morgan fingerprint density at radius 3 is 2.68 bits per heavy atom. The number of aromatic nitrogens is 2. The molecule has 4 rings (SSSR count). The highest BCUT2D eigenvalue weighted by Gasteiger charge is 2.35. The molecule has 0 bridgehead atoms. The first kappa shape index (κ1) is 16.3. The van der Waals surface area contributed by atoms with Gasteiger partial charge >= 0.3 is 0 Å². The summed E-state index contributed by atoms with van der Waals surface area (Å²) >= 11 is 0. The Labute approximate surface area is 148 Å². The predicted octanol–water partition coefficient (Wildman–Crippen LogP) is 2.95. The van der Waals surface area contributed by atoms with E-state index in [0.717, 1.165) is 55.7 Å². The van der Waals surface area contributed by atoms with Crippen molar-refractivity contribution in [2.24, 2.45) is 11.7 Å². The molecule has 2 heterocycles. The zero-order valence-electron chi connectivity index (χ0n) is 14.8. The van der Waals surface area contributed by atoms with Crippen molar-refractivity contribution in [3.8, 4) is 5.69 Å². The lowest BCUT2D eigenvalue weighted by Gasteiger charge is -2.34. The molecule has 5 nitrogen and oxygen atoms in total. The number of carbonyl (C=O) groups is 1. The van der Waals surface area contributed by atoms with Crippen molar-refractivity contribution in [1.29, 1.82) is 0 Å². The second-order valence-corrected chi connectivity index (χ2v) is 7.48. The molecule has 2 aromatic rings. The fourth-order valence-corrected chi connectivity index (χ4v) is 3.84. The largest absolute Gasteiger partial charge is 0.338 e. The quantitative estimate of drug-likeness (QED) is 0.932. The molecule has 25 heavy (non-hydrogen) atoms. The third kappa shape index (κ3) is 3.21. The Morgan fingerprint density at radius 1 is 1.24 bits per heavy atom. The first-order chi connectivity index (χ1) is 12.1. The zero-order valence-corrected chi connectivity index (χ0v) is 14.8. The standard InChI is InChI=1S/C20H26N4O/c1-14(21)16-6-5-11-23(13-16)20(25)18-12-22-24(19(18)15-9-10-15)17-7-3-2-4-8-17/h2-4,7-8,12,14-16H,5-6,9-11,13,21H2,1H3. The van der Waals surface area contributed by atoms with E-state index in [4.69, 9.17) is 5.73 Å². The molecule has 1 aromatic heterocycles. The van der Waals surface area contributed by atoms with Gasteiger partial charge in [-0.25, -0.2) is 4.68 Å². The van der Waals surface area contributed by atoms with Crippen molar-refractivity contribution in [3.63, 3.8) is 0 Å². The minimum atomic E-state index is 0.120. The van der Waals surface area contributed by atoms with Gasteiger partial charge in [-0.3, -0.25) is 4.79 Å². The summed E-state index contributed by atoms with van der Waals surface area (Å²) in [5, 5.41) is 4.56. The Kier molecular flexibility index (Phi) is 4.34. The van der Waals surface area contributed by atoms with Crippen LogP contribution in [0.3, 0.4) is 0 Å². The van der Waals surface area contributed by atoms with Gasteiger partial charge in [0.15, 0.2) is 0 Å². The lowest BCUT2D eigenvalue weighted by Crippen LogP contribution is -2.45. The van der Waals surface area contributed by atoms with Gasteiger partial charge in [0.2, 0.25) is 0 Å². The molecule has 5 heteroatoms. The predicted molar refractivity (Wildman–Crippen MR) is 97.8 cm³/mol. The Bertz CT molecular complexity index is 748. The van der Waals surface area contributed by atoms with Crippen LogP contribution in [0.15, 0.2) is 36.5 Å². The summed E-state index contributed by atoms with van der Waals surface area (Å²) in [5.41, 5.74) is 8.96. The highest BCUT2D eigenvalue weighted by atomic mass is 16.2. The normalized spacial score (nSPS) is 22.0. The monoisotopic (exact) mass is 338 g/mol. The molecular formula is C20H26N4O. The second-order valence-electron chi connectivity index (χ2n) is 7.48. The molecule has 1 amide bonds. The second kappa shape index (κ2) is 6.64. The summed E-state index contributed by atoms with van der Waals surface area (Å²) in [4.78, 5) is 15.2. The number of piperidine rings is 1. The van der Waals surface area contributed by atoms with Crippen LogP contribution >= 0.6 is 0 Å². The molecule has 1 saturated heterocycles. The van der Waals surface area contributed by atoms with E-state index in [2.05, 4.69) is 5.10 Å². The first-order valence-electron chi connectivity index (χ1n) is 9.33. The third-order valence-electron chi connectivity index (χ3n) is 5.49. The molecule has 1 aliphatic heterocycles. The van der Waals surface area contributed by atoms with Gasteiger partial charge in [-0.15, -0.1) is 0 Å². The average Bonchev–Trinajstić information content (AvgIpc) is 3.40. The molecule has 1 aromatic carbocycles. The molecule has 0 radical (unpaired) electrons. The molecule has 2 fully saturated rings. The number of rotatable bonds is 4. The number of amides is 1. The van der Waals surface area contributed by atoms with Crippen LogP contribution in [0.4, 0.5) is 0 Å². The summed E-state index contributed by atoms with van der Waals surface area (Å²) in [6.45, 7) is 3.63. The van der Waals surface area contributed by atoms with Crippen molar-refractivity contribution in [2.45, 2.75) is 44.6 Å². The van der Waals surface area contributed by atoms with Gasteiger partial charge in [0.25, 0.3) is 5.91 Å². The number of hydrogen-bond acceptors (Lipinski definition) is 3. The number of nitrogens with two attached hydrogens (primary N) is 1. The van der Waals surface area contributed by atoms with E-state index in [1.807, 2.05) is 46.8 Å². The molecule has 132 valence electrons. The molecule has 0 spiro atoms. The van der Waals surface area contributed by atoms with E-state index < -0.39 is 0 Å². The topological polar surface area (TPSA) is 64.2 Å². The summed E-state index contributed by atoms with van der Waals surface area (Å²) in [5.74, 6) is 0.969. The molecule has 1 aliphatic carbocycles.